The summed E-state index contributed by atoms with van der Waals surface area (Å²) in [6.45, 7) is 0.247. The number of nitro groups is 1. The van der Waals surface area contributed by atoms with Crippen molar-refractivity contribution in [1.29, 1.82) is 0 Å². The lowest BCUT2D eigenvalue weighted by molar-refractivity contribution is -0.384. The molecule has 9 nitrogen and oxygen atoms in total. The zero-order chi connectivity index (χ0) is 22.5. The van der Waals surface area contributed by atoms with E-state index in [1.807, 2.05) is 49.5 Å². The minimum absolute atomic E-state index is 0.0325. The van der Waals surface area contributed by atoms with Crippen LogP contribution in [0.1, 0.15) is 5.82 Å². The van der Waals surface area contributed by atoms with Crippen molar-refractivity contribution in [3.05, 3.63) is 82.7 Å². The molecular formula is C22H19N5O4S. The minimum Gasteiger partial charge on any atom is -0.486 e. The molecule has 0 unspecified atom stereocenters. The lowest BCUT2D eigenvalue weighted by Gasteiger charge is -2.08. The van der Waals surface area contributed by atoms with Gasteiger partial charge < -0.3 is 14.6 Å². The van der Waals surface area contributed by atoms with Crippen molar-refractivity contribution in [3.63, 3.8) is 0 Å². The highest BCUT2D eigenvalue weighted by atomic mass is 32.2. The van der Waals surface area contributed by atoms with Crippen LogP contribution in [0.25, 0.3) is 10.8 Å². The maximum atomic E-state index is 12.2. The maximum Gasteiger partial charge on any atom is 0.269 e. The number of hydrogen-bond acceptors (Lipinski definition) is 7. The number of rotatable bonds is 8. The molecule has 0 spiro atoms. The number of anilines is 1. The molecule has 0 aliphatic heterocycles. The fourth-order valence-corrected chi connectivity index (χ4v) is 3.73. The number of nitrogens with one attached hydrogen (secondary N) is 1. The van der Waals surface area contributed by atoms with E-state index in [-0.39, 0.29) is 24.0 Å². The zero-order valence-electron chi connectivity index (χ0n) is 17.1. The third-order valence-electron chi connectivity index (χ3n) is 4.71. The van der Waals surface area contributed by atoms with Gasteiger partial charge in [0.15, 0.2) is 11.0 Å². The number of non-ortho nitro benzene ring substituents is 1. The van der Waals surface area contributed by atoms with Gasteiger partial charge in [-0.3, -0.25) is 14.9 Å². The molecule has 0 saturated heterocycles. The number of nitrogens with zero attached hydrogens (tertiary/aromatic N) is 4. The molecule has 4 rings (SSSR count). The summed E-state index contributed by atoms with van der Waals surface area (Å²) in [6, 6.07) is 19.6. The molecule has 1 aromatic heterocycles. The molecule has 1 N–H and O–H groups in total. The van der Waals surface area contributed by atoms with E-state index >= 15 is 0 Å². The van der Waals surface area contributed by atoms with Gasteiger partial charge in [0.05, 0.1) is 10.7 Å². The Bertz CT molecular complexity index is 1270. The van der Waals surface area contributed by atoms with Gasteiger partial charge >= 0.3 is 0 Å². The van der Waals surface area contributed by atoms with Gasteiger partial charge in [0, 0.05) is 24.9 Å². The third kappa shape index (κ3) is 5.03. The first kappa shape index (κ1) is 21.3. The molecule has 1 heterocycles. The SMILES string of the molecule is Cn1c(COc2ccc3ccccc3c2)nnc1SCC(=O)Nc1ccc([N+](=O)[O-])cc1. The predicted molar refractivity (Wildman–Crippen MR) is 122 cm³/mol. The molecule has 4 aromatic rings. The van der Waals surface area contributed by atoms with Crippen LogP contribution < -0.4 is 10.1 Å². The fourth-order valence-electron chi connectivity index (χ4n) is 3.00. The number of aromatic nitrogens is 3. The monoisotopic (exact) mass is 449 g/mol. The van der Waals surface area contributed by atoms with E-state index in [0.717, 1.165) is 16.5 Å². The molecule has 0 bridgehead atoms. The van der Waals surface area contributed by atoms with Crippen LogP contribution in [0.15, 0.2) is 71.9 Å². The zero-order valence-corrected chi connectivity index (χ0v) is 17.9. The van der Waals surface area contributed by atoms with Crippen LogP contribution in [-0.4, -0.2) is 31.3 Å². The Kier molecular flexibility index (Phi) is 6.31. The van der Waals surface area contributed by atoms with Crippen molar-refractivity contribution in [2.45, 2.75) is 11.8 Å². The van der Waals surface area contributed by atoms with Gasteiger partial charge in [-0.05, 0) is 35.0 Å². The number of carbonyl (C=O) groups is 1. The van der Waals surface area contributed by atoms with Gasteiger partial charge in [-0.25, -0.2) is 0 Å². The second-order valence-corrected chi connectivity index (χ2v) is 7.84. The molecule has 32 heavy (non-hydrogen) atoms. The van der Waals surface area contributed by atoms with Gasteiger partial charge in [0.2, 0.25) is 5.91 Å². The molecule has 0 saturated carbocycles. The van der Waals surface area contributed by atoms with Gasteiger partial charge in [-0.2, -0.15) is 0 Å². The van der Waals surface area contributed by atoms with Crippen LogP contribution in [0, 0.1) is 10.1 Å². The van der Waals surface area contributed by atoms with Crippen molar-refractivity contribution in [3.8, 4) is 5.75 Å². The minimum atomic E-state index is -0.489. The number of nitro benzene ring substituents is 1. The molecule has 0 radical (unpaired) electrons. The Hall–Kier alpha value is -3.92. The van der Waals surface area contributed by atoms with Crippen molar-refractivity contribution in [2.75, 3.05) is 11.1 Å². The predicted octanol–water partition coefficient (Wildman–Crippen LogP) is 4.19. The Balaban J connectivity index is 1.31. The molecule has 0 aliphatic rings. The van der Waals surface area contributed by atoms with Gasteiger partial charge in [0.25, 0.3) is 5.69 Å². The molecule has 1 amide bonds. The van der Waals surface area contributed by atoms with Crippen LogP contribution in [0.2, 0.25) is 0 Å². The largest absolute Gasteiger partial charge is 0.486 e. The number of hydrogen-bond donors (Lipinski definition) is 1. The number of carbonyl (C=O) groups excluding carboxylic acids is 1. The van der Waals surface area contributed by atoms with E-state index in [4.69, 9.17) is 4.74 Å². The van der Waals surface area contributed by atoms with E-state index in [9.17, 15) is 14.9 Å². The molecule has 0 aliphatic carbocycles. The van der Waals surface area contributed by atoms with E-state index in [1.165, 1.54) is 36.0 Å². The standard InChI is InChI=1S/C22H19N5O4S/c1-26-20(13-31-19-11-6-15-4-2-3-5-16(15)12-19)24-25-22(26)32-14-21(28)23-17-7-9-18(10-8-17)27(29)30/h2-12H,13-14H2,1H3,(H,23,28). The van der Waals surface area contributed by atoms with Crippen LogP contribution >= 0.6 is 11.8 Å². The summed E-state index contributed by atoms with van der Waals surface area (Å²) in [7, 11) is 1.82. The summed E-state index contributed by atoms with van der Waals surface area (Å²) in [4.78, 5) is 22.4. The quantitative estimate of drug-likeness (QED) is 0.244. The Morgan fingerprint density at radius 3 is 2.59 bits per heavy atom. The lowest BCUT2D eigenvalue weighted by Crippen LogP contribution is -2.14. The highest BCUT2D eigenvalue weighted by Gasteiger charge is 2.13. The van der Waals surface area contributed by atoms with E-state index in [0.29, 0.717) is 16.7 Å². The first-order valence-corrected chi connectivity index (χ1v) is 10.6. The van der Waals surface area contributed by atoms with Crippen molar-refractivity contribution in [2.24, 2.45) is 7.05 Å². The van der Waals surface area contributed by atoms with E-state index < -0.39 is 4.92 Å². The lowest BCUT2D eigenvalue weighted by atomic mass is 10.1. The van der Waals surface area contributed by atoms with Crippen LogP contribution in [0.5, 0.6) is 5.75 Å². The smallest absolute Gasteiger partial charge is 0.269 e. The molecule has 10 heteroatoms. The first-order chi connectivity index (χ1) is 15.5. The van der Waals surface area contributed by atoms with Gasteiger partial charge in [0.1, 0.15) is 12.4 Å². The first-order valence-electron chi connectivity index (χ1n) is 9.66. The van der Waals surface area contributed by atoms with E-state index in [2.05, 4.69) is 15.5 Å². The molecule has 0 atom stereocenters. The Morgan fingerprint density at radius 1 is 1.09 bits per heavy atom. The average molecular weight is 449 g/mol. The highest BCUT2D eigenvalue weighted by molar-refractivity contribution is 7.99. The maximum absolute atomic E-state index is 12.2. The number of benzene rings is 3. The second-order valence-electron chi connectivity index (χ2n) is 6.90. The van der Waals surface area contributed by atoms with Crippen molar-refractivity contribution < 1.29 is 14.5 Å². The Morgan fingerprint density at radius 2 is 1.84 bits per heavy atom. The summed E-state index contributed by atoms with van der Waals surface area (Å²) in [5.74, 6) is 1.25. The average Bonchev–Trinajstić information content (AvgIpc) is 3.15. The topological polar surface area (TPSA) is 112 Å². The number of amides is 1. The summed E-state index contributed by atoms with van der Waals surface area (Å²) < 4.78 is 7.65. The van der Waals surface area contributed by atoms with E-state index in [1.54, 1.807) is 4.57 Å². The summed E-state index contributed by atoms with van der Waals surface area (Å²) in [6.07, 6.45) is 0. The number of ether oxygens (including phenoxy) is 1. The van der Waals surface area contributed by atoms with Crippen molar-refractivity contribution >= 4 is 39.8 Å². The van der Waals surface area contributed by atoms with Gasteiger partial charge in [-0.15, -0.1) is 10.2 Å². The third-order valence-corrected chi connectivity index (χ3v) is 5.73. The second kappa shape index (κ2) is 9.48. The van der Waals surface area contributed by atoms with Crippen LogP contribution in [0.4, 0.5) is 11.4 Å². The molecular weight excluding hydrogens is 430 g/mol. The number of fused-ring (bicyclic) bond motifs is 1. The highest BCUT2D eigenvalue weighted by Crippen LogP contribution is 2.22. The molecule has 0 fully saturated rings. The van der Waals surface area contributed by atoms with Crippen LogP contribution in [-0.2, 0) is 18.4 Å². The van der Waals surface area contributed by atoms with Crippen molar-refractivity contribution in [1.82, 2.24) is 14.8 Å². The van der Waals surface area contributed by atoms with Crippen LogP contribution in [0.3, 0.4) is 0 Å². The summed E-state index contributed by atoms with van der Waals surface area (Å²) in [5.41, 5.74) is 0.457. The fraction of sp³-hybridized carbons (Fsp3) is 0.136. The summed E-state index contributed by atoms with van der Waals surface area (Å²) in [5, 5.41) is 24.5. The molecule has 3 aromatic carbocycles. The Labute approximate surface area is 187 Å². The van der Waals surface area contributed by atoms with Gasteiger partial charge in [-0.1, -0.05) is 42.1 Å². The molecule has 162 valence electrons. The normalized spacial score (nSPS) is 10.8. The number of thioether (sulfide) groups is 1. The summed E-state index contributed by atoms with van der Waals surface area (Å²) >= 11 is 1.24.